The summed E-state index contributed by atoms with van der Waals surface area (Å²) in [6, 6.07) is 15.6. The molecule has 0 aliphatic carbocycles. The quantitative estimate of drug-likeness (QED) is 0.386. The van der Waals surface area contributed by atoms with Gasteiger partial charge < -0.3 is 14.6 Å². The highest BCUT2D eigenvalue weighted by Gasteiger charge is 2.18. The lowest BCUT2D eigenvalue weighted by Gasteiger charge is -2.14. The van der Waals surface area contributed by atoms with Crippen molar-refractivity contribution < 1.29 is 18.4 Å². The first-order valence-electron chi connectivity index (χ1n) is 10.5. The molecule has 0 bridgehead atoms. The predicted octanol–water partition coefficient (Wildman–Crippen LogP) is 5.00. The minimum Gasteiger partial charge on any atom is -0.488 e. The maximum absolute atomic E-state index is 14.6. The zero-order chi connectivity index (χ0) is 23.7. The number of aryl methyl sites for hydroxylation is 2. The van der Waals surface area contributed by atoms with E-state index in [1.165, 1.54) is 29.5 Å². The van der Waals surface area contributed by atoms with Crippen LogP contribution in [-0.4, -0.2) is 25.8 Å². The van der Waals surface area contributed by atoms with Crippen LogP contribution in [0.15, 0.2) is 71.8 Å². The van der Waals surface area contributed by atoms with Crippen molar-refractivity contribution >= 4 is 22.4 Å². The van der Waals surface area contributed by atoms with Gasteiger partial charge in [0.25, 0.3) is 5.91 Å². The highest BCUT2D eigenvalue weighted by molar-refractivity contribution is 6.08. The van der Waals surface area contributed by atoms with E-state index in [4.69, 9.17) is 9.26 Å². The molecule has 1 amide bonds. The summed E-state index contributed by atoms with van der Waals surface area (Å²) in [6.45, 7) is 3.84. The van der Waals surface area contributed by atoms with E-state index in [-0.39, 0.29) is 12.3 Å². The molecule has 34 heavy (non-hydrogen) atoms. The lowest BCUT2D eigenvalue weighted by Crippen LogP contribution is -2.14. The Kier molecular flexibility index (Phi) is 5.51. The maximum atomic E-state index is 14.6. The third-order valence-electron chi connectivity index (χ3n) is 5.52. The zero-order valence-electron chi connectivity index (χ0n) is 18.4. The van der Waals surface area contributed by atoms with Crippen LogP contribution >= 0.6 is 0 Å². The van der Waals surface area contributed by atoms with Gasteiger partial charge in [-0.1, -0.05) is 29.4 Å². The Hall–Kier alpha value is -4.53. The number of ether oxygens (including phenoxy) is 1. The number of carbonyl (C=O) groups is 1. The number of aromatic nitrogens is 4. The van der Waals surface area contributed by atoms with Gasteiger partial charge in [0.1, 0.15) is 36.5 Å². The summed E-state index contributed by atoms with van der Waals surface area (Å²) >= 11 is 0. The van der Waals surface area contributed by atoms with Crippen LogP contribution in [0.3, 0.4) is 0 Å². The number of hydrogen-bond donors (Lipinski definition) is 1. The van der Waals surface area contributed by atoms with Crippen LogP contribution in [0, 0.1) is 19.7 Å². The molecule has 1 N–H and O–H groups in total. The molecule has 0 aliphatic rings. The Morgan fingerprint density at radius 3 is 2.59 bits per heavy atom. The van der Waals surface area contributed by atoms with Gasteiger partial charge in [0, 0.05) is 5.69 Å². The molecule has 170 valence electrons. The van der Waals surface area contributed by atoms with Gasteiger partial charge in [0.15, 0.2) is 5.82 Å². The van der Waals surface area contributed by atoms with E-state index >= 15 is 0 Å². The summed E-state index contributed by atoms with van der Waals surface area (Å²) in [6.07, 6.45) is 2.72. The Labute approximate surface area is 194 Å². The van der Waals surface area contributed by atoms with Gasteiger partial charge in [-0.25, -0.2) is 14.1 Å². The van der Waals surface area contributed by atoms with Gasteiger partial charge in [0.05, 0.1) is 16.8 Å². The first-order valence-corrected chi connectivity index (χ1v) is 10.5. The number of fused-ring (bicyclic) bond motifs is 1. The number of anilines is 1. The highest BCUT2D eigenvalue weighted by atomic mass is 19.1. The van der Waals surface area contributed by atoms with E-state index in [2.05, 4.69) is 20.6 Å². The first-order chi connectivity index (χ1) is 16.5. The van der Waals surface area contributed by atoms with Gasteiger partial charge in [-0.05, 0) is 55.0 Å². The number of nitrogens with one attached hydrogen (secondary N) is 1. The molecule has 0 radical (unpaired) electrons. The third-order valence-corrected chi connectivity index (χ3v) is 5.52. The van der Waals surface area contributed by atoms with Crippen molar-refractivity contribution in [3.05, 3.63) is 95.7 Å². The van der Waals surface area contributed by atoms with Crippen LogP contribution in [0.4, 0.5) is 10.1 Å². The number of halogens is 1. The van der Waals surface area contributed by atoms with Crippen molar-refractivity contribution in [2.75, 3.05) is 5.32 Å². The van der Waals surface area contributed by atoms with E-state index in [0.29, 0.717) is 22.8 Å². The number of benzene rings is 3. The fourth-order valence-corrected chi connectivity index (χ4v) is 3.68. The molecule has 0 spiro atoms. The Morgan fingerprint density at radius 2 is 1.91 bits per heavy atom. The van der Waals surface area contributed by atoms with Crippen LogP contribution in [-0.2, 0) is 6.61 Å². The minimum atomic E-state index is -0.545. The second-order valence-electron chi connectivity index (χ2n) is 7.75. The van der Waals surface area contributed by atoms with Crippen LogP contribution in [0.1, 0.15) is 27.4 Å². The molecular formula is C25H20FN5O3. The molecule has 5 rings (SSSR count). The highest BCUT2D eigenvalue weighted by Crippen LogP contribution is 2.29. The molecule has 5 aromatic rings. The normalized spacial score (nSPS) is 11.0. The molecule has 0 aliphatic heterocycles. The molecular weight excluding hydrogens is 437 g/mol. The molecule has 2 heterocycles. The molecule has 0 saturated heterocycles. The molecule has 3 aromatic carbocycles. The number of amides is 1. The SMILES string of the molecule is Cc1noc(C)c1COc1cc2ccccc2cc1C(=O)Nc1ccc(-n2cncn2)c(F)c1. The number of hydrogen-bond acceptors (Lipinski definition) is 6. The lowest BCUT2D eigenvalue weighted by atomic mass is 10.0. The minimum absolute atomic E-state index is 0.195. The van der Waals surface area contributed by atoms with Crippen LogP contribution in [0.5, 0.6) is 5.75 Å². The molecule has 0 atom stereocenters. The van der Waals surface area contributed by atoms with E-state index in [9.17, 15) is 9.18 Å². The summed E-state index contributed by atoms with van der Waals surface area (Å²) in [5, 5.41) is 12.4. The zero-order valence-corrected chi connectivity index (χ0v) is 18.4. The largest absolute Gasteiger partial charge is 0.488 e. The monoisotopic (exact) mass is 457 g/mol. The smallest absolute Gasteiger partial charge is 0.259 e. The predicted molar refractivity (Wildman–Crippen MR) is 124 cm³/mol. The molecule has 9 heteroatoms. The van der Waals surface area contributed by atoms with Gasteiger partial charge in [-0.15, -0.1) is 0 Å². The van der Waals surface area contributed by atoms with Crippen molar-refractivity contribution in [3.8, 4) is 11.4 Å². The first kappa shape index (κ1) is 21.3. The third kappa shape index (κ3) is 4.11. The van der Waals surface area contributed by atoms with Gasteiger partial charge in [-0.3, -0.25) is 4.79 Å². The second kappa shape index (κ2) is 8.78. The summed E-state index contributed by atoms with van der Waals surface area (Å²) in [4.78, 5) is 17.0. The lowest BCUT2D eigenvalue weighted by molar-refractivity contribution is 0.102. The van der Waals surface area contributed by atoms with Crippen molar-refractivity contribution in [1.29, 1.82) is 0 Å². The van der Waals surface area contributed by atoms with Crippen LogP contribution < -0.4 is 10.1 Å². The molecule has 0 saturated carbocycles. The number of nitrogens with zero attached hydrogens (tertiary/aromatic N) is 4. The van der Waals surface area contributed by atoms with E-state index in [1.54, 1.807) is 12.1 Å². The van der Waals surface area contributed by atoms with E-state index in [1.807, 2.05) is 44.2 Å². The van der Waals surface area contributed by atoms with Gasteiger partial charge in [0.2, 0.25) is 0 Å². The molecule has 0 unspecified atom stereocenters. The summed E-state index contributed by atoms with van der Waals surface area (Å²) in [5.41, 5.74) is 2.41. The second-order valence-corrected chi connectivity index (χ2v) is 7.75. The topological polar surface area (TPSA) is 95.1 Å². The van der Waals surface area contributed by atoms with E-state index in [0.717, 1.165) is 22.0 Å². The molecule has 2 aromatic heterocycles. The van der Waals surface area contributed by atoms with Crippen molar-refractivity contribution in [3.63, 3.8) is 0 Å². The van der Waals surface area contributed by atoms with Crippen molar-refractivity contribution in [2.24, 2.45) is 0 Å². The summed E-state index contributed by atoms with van der Waals surface area (Å²) in [7, 11) is 0. The average Bonchev–Trinajstić information content (AvgIpc) is 3.47. The van der Waals surface area contributed by atoms with Crippen LogP contribution in [0.25, 0.3) is 16.5 Å². The molecule has 0 fully saturated rings. The fraction of sp³-hybridized carbons (Fsp3) is 0.120. The number of rotatable bonds is 6. The van der Waals surface area contributed by atoms with Crippen LogP contribution in [0.2, 0.25) is 0 Å². The Balaban J connectivity index is 1.45. The van der Waals surface area contributed by atoms with Gasteiger partial charge >= 0.3 is 0 Å². The molecule has 8 nitrogen and oxygen atoms in total. The standard InChI is InChI=1S/C25H20FN5O3/c1-15-21(16(2)34-30-15)12-33-24-10-18-6-4-3-5-17(18)9-20(24)25(32)29-19-7-8-23(22(26)11-19)31-14-27-13-28-31/h3-11,13-14H,12H2,1-2H3,(H,29,32). The average molecular weight is 457 g/mol. The fourth-order valence-electron chi connectivity index (χ4n) is 3.68. The van der Waals surface area contributed by atoms with Crippen molar-refractivity contribution in [1.82, 2.24) is 19.9 Å². The van der Waals surface area contributed by atoms with E-state index < -0.39 is 11.7 Å². The van der Waals surface area contributed by atoms with Gasteiger partial charge in [-0.2, -0.15) is 5.10 Å². The Bertz CT molecular complexity index is 1470. The maximum Gasteiger partial charge on any atom is 0.259 e. The van der Waals surface area contributed by atoms with Crippen molar-refractivity contribution in [2.45, 2.75) is 20.5 Å². The summed E-state index contributed by atoms with van der Waals surface area (Å²) < 4.78 is 27.2. The summed E-state index contributed by atoms with van der Waals surface area (Å²) in [5.74, 6) is 0.0901. The number of carbonyl (C=O) groups excluding carboxylic acids is 1. The Morgan fingerprint density at radius 1 is 1.12 bits per heavy atom.